The number of ether oxygens (including phenoxy) is 1. The van der Waals surface area contributed by atoms with Crippen LogP contribution in [0.4, 0.5) is 0 Å². The fourth-order valence-electron chi connectivity index (χ4n) is 2.02. The van der Waals surface area contributed by atoms with Gasteiger partial charge in [0.1, 0.15) is 17.0 Å². The van der Waals surface area contributed by atoms with Gasteiger partial charge in [0, 0.05) is 6.20 Å². The zero-order valence-corrected chi connectivity index (χ0v) is 12.1. The number of imidazole rings is 1. The third kappa shape index (κ3) is 2.49. The Kier molecular flexibility index (Phi) is 3.25. The summed E-state index contributed by atoms with van der Waals surface area (Å²) in [5.41, 5.74) is 2.23. The maximum Gasteiger partial charge on any atom is 0.152 e. The Hall–Kier alpha value is -1.81. The number of fused-ring (bicyclic) bond motifs is 1. The summed E-state index contributed by atoms with van der Waals surface area (Å²) >= 11 is 3.47. The van der Waals surface area contributed by atoms with E-state index in [9.17, 15) is 0 Å². The van der Waals surface area contributed by atoms with Gasteiger partial charge in [0.05, 0.1) is 5.52 Å². The molecule has 3 rings (SSSR count). The molecule has 0 unspecified atom stereocenters. The standard InChI is InChI=1S/C15H13BrN2O/c1-11-5-4-6-12(9-11)19-10-14-17-15(16)13-7-2-3-8-18(13)14/h2-9H,10H2,1H3. The van der Waals surface area contributed by atoms with Crippen LogP contribution >= 0.6 is 15.9 Å². The van der Waals surface area contributed by atoms with Crippen molar-refractivity contribution in [3.05, 3.63) is 64.7 Å². The van der Waals surface area contributed by atoms with Gasteiger partial charge in [-0.1, -0.05) is 18.2 Å². The summed E-state index contributed by atoms with van der Waals surface area (Å²) in [5, 5.41) is 0. The van der Waals surface area contributed by atoms with Crippen LogP contribution in [0.15, 0.2) is 53.3 Å². The molecule has 3 nitrogen and oxygen atoms in total. The maximum atomic E-state index is 5.79. The van der Waals surface area contributed by atoms with Crippen molar-refractivity contribution in [1.82, 2.24) is 9.38 Å². The molecule has 0 saturated carbocycles. The highest BCUT2D eigenvalue weighted by Gasteiger charge is 2.08. The van der Waals surface area contributed by atoms with Crippen LogP contribution in [0.1, 0.15) is 11.4 Å². The summed E-state index contributed by atoms with van der Waals surface area (Å²) in [6, 6.07) is 14.0. The smallest absolute Gasteiger partial charge is 0.152 e. The molecule has 0 aliphatic heterocycles. The molecule has 1 aromatic carbocycles. The Morgan fingerprint density at radius 3 is 2.95 bits per heavy atom. The van der Waals surface area contributed by atoms with E-state index in [0.29, 0.717) is 6.61 Å². The van der Waals surface area contributed by atoms with E-state index in [2.05, 4.69) is 20.9 Å². The first-order chi connectivity index (χ1) is 9.24. The van der Waals surface area contributed by atoms with E-state index in [-0.39, 0.29) is 0 Å². The molecule has 0 spiro atoms. The van der Waals surface area contributed by atoms with Gasteiger partial charge in [-0.25, -0.2) is 4.98 Å². The Bertz CT molecular complexity index is 721. The lowest BCUT2D eigenvalue weighted by atomic mass is 10.2. The number of hydrogen-bond donors (Lipinski definition) is 0. The zero-order valence-electron chi connectivity index (χ0n) is 10.5. The van der Waals surface area contributed by atoms with Crippen LogP contribution in [0.25, 0.3) is 5.52 Å². The van der Waals surface area contributed by atoms with E-state index < -0.39 is 0 Å². The lowest BCUT2D eigenvalue weighted by Gasteiger charge is -2.06. The minimum Gasteiger partial charge on any atom is -0.486 e. The molecule has 4 heteroatoms. The topological polar surface area (TPSA) is 26.5 Å². The molecule has 0 amide bonds. The molecule has 2 aromatic heterocycles. The van der Waals surface area contributed by atoms with Gasteiger partial charge in [-0.3, -0.25) is 4.40 Å². The fraction of sp³-hybridized carbons (Fsp3) is 0.133. The van der Waals surface area contributed by atoms with E-state index in [1.165, 1.54) is 5.56 Å². The highest BCUT2D eigenvalue weighted by Crippen LogP contribution is 2.20. The van der Waals surface area contributed by atoms with E-state index >= 15 is 0 Å². The van der Waals surface area contributed by atoms with Crippen molar-refractivity contribution in [2.45, 2.75) is 13.5 Å². The number of halogens is 1. The monoisotopic (exact) mass is 316 g/mol. The fourth-order valence-corrected chi connectivity index (χ4v) is 2.54. The van der Waals surface area contributed by atoms with Crippen LogP contribution in [-0.2, 0) is 6.61 Å². The van der Waals surface area contributed by atoms with Crippen molar-refractivity contribution >= 4 is 21.4 Å². The molecule has 0 saturated heterocycles. The van der Waals surface area contributed by atoms with E-state index in [1.807, 2.05) is 60.0 Å². The number of pyridine rings is 1. The summed E-state index contributed by atoms with van der Waals surface area (Å²) in [7, 11) is 0. The van der Waals surface area contributed by atoms with E-state index in [4.69, 9.17) is 4.74 Å². The van der Waals surface area contributed by atoms with Gasteiger partial charge in [0.2, 0.25) is 0 Å². The van der Waals surface area contributed by atoms with Crippen molar-refractivity contribution in [2.75, 3.05) is 0 Å². The van der Waals surface area contributed by atoms with Crippen LogP contribution in [0.2, 0.25) is 0 Å². The largest absolute Gasteiger partial charge is 0.486 e. The molecule has 96 valence electrons. The first kappa shape index (κ1) is 12.2. The average molecular weight is 317 g/mol. The van der Waals surface area contributed by atoms with Crippen molar-refractivity contribution < 1.29 is 4.74 Å². The molecule has 0 radical (unpaired) electrons. The third-order valence-corrected chi connectivity index (χ3v) is 3.52. The van der Waals surface area contributed by atoms with Crippen LogP contribution in [0, 0.1) is 6.92 Å². The predicted octanol–water partition coefficient (Wildman–Crippen LogP) is 3.98. The number of nitrogens with zero attached hydrogens (tertiary/aromatic N) is 2. The summed E-state index contributed by atoms with van der Waals surface area (Å²) < 4.78 is 8.66. The van der Waals surface area contributed by atoms with E-state index in [0.717, 1.165) is 21.7 Å². The molecule has 2 heterocycles. The van der Waals surface area contributed by atoms with Crippen molar-refractivity contribution in [3.8, 4) is 5.75 Å². The Labute approximate surface area is 120 Å². The van der Waals surface area contributed by atoms with Gasteiger partial charge < -0.3 is 4.74 Å². The maximum absolute atomic E-state index is 5.79. The Balaban J connectivity index is 1.86. The molecule has 3 aromatic rings. The van der Waals surface area contributed by atoms with E-state index in [1.54, 1.807) is 0 Å². The SMILES string of the molecule is Cc1cccc(OCc2nc(Br)c3ccccn23)c1. The summed E-state index contributed by atoms with van der Waals surface area (Å²) in [4.78, 5) is 4.48. The summed E-state index contributed by atoms with van der Waals surface area (Å²) in [5.74, 6) is 1.74. The molecule has 0 bridgehead atoms. The lowest BCUT2D eigenvalue weighted by Crippen LogP contribution is -2.01. The molecule has 0 atom stereocenters. The van der Waals surface area contributed by atoms with Crippen LogP contribution < -0.4 is 4.74 Å². The minimum atomic E-state index is 0.445. The molecule has 0 N–H and O–H groups in total. The summed E-state index contributed by atoms with van der Waals surface area (Å²) in [6.07, 6.45) is 1.99. The lowest BCUT2D eigenvalue weighted by molar-refractivity contribution is 0.295. The van der Waals surface area contributed by atoms with Crippen molar-refractivity contribution in [2.24, 2.45) is 0 Å². The molecule has 19 heavy (non-hydrogen) atoms. The molecule has 0 aliphatic carbocycles. The summed E-state index contributed by atoms with van der Waals surface area (Å²) in [6.45, 7) is 2.49. The first-order valence-corrected chi connectivity index (χ1v) is 6.84. The first-order valence-electron chi connectivity index (χ1n) is 6.05. The zero-order chi connectivity index (χ0) is 13.2. The highest BCUT2D eigenvalue weighted by molar-refractivity contribution is 9.10. The van der Waals surface area contributed by atoms with Crippen LogP contribution in [0.5, 0.6) is 5.75 Å². The molecule has 0 fully saturated rings. The predicted molar refractivity (Wildman–Crippen MR) is 78.4 cm³/mol. The number of aryl methyl sites for hydroxylation is 1. The molecular formula is C15H13BrN2O. The third-order valence-electron chi connectivity index (χ3n) is 2.93. The van der Waals surface area contributed by atoms with Crippen LogP contribution in [0.3, 0.4) is 0 Å². The second-order valence-corrected chi connectivity index (χ2v) is 5.13. The Morgan fingerprint density at radius 2 is 2.11 bits per heavy atom. The minimum absolute atomic E-state index is 0.445. The average Bonchev–Trinajstić information content (AvgIpc) is 2.74. The quantitative estimate of drug-likeness (QED) is 0.730. The van der Waals surface area contributed by atoms with Crippen molar-refractivity contribution in [1.29, 1.82) is 0 Å². The van der Waals surface area contributed by atoms with Gasteiger partial charge in [0.25, 0.3) is 0 Å². The van der Waals surface area contributed by atoms with Gasteiger partial charge in [-0.05, 0) is 52.7 Å². The second-order valence-electron chi connectivity index (χ2n) is 4.38. The van der Waals surface area contributed by atoms with Crippen LogP contribution in [-0.4, -0.2) is 9.38 Å². The Morgan fingerprint density at radius 1 is 1.21 bits per heavy atom. The van der Waals surface area contributed by atoms with Gasteiger partial charge in [-0.2, -0.15) is 0 Å². The number of aromatic nitrogens is 2. The van der Waals surface area contributed by atoms with Gasteiger partial charge >= 0.3 is 0 Å². The van der Waals surface area contributed by atoms with Gasteiger partial charge in [-0.15, -0.1) is 0 Å². The highest BCUT2D eigenvalue weighted by atomic mass is 79.9. The van der Waals surface area contributed by atoms with Crippen molar-refractivity contribution in [3.63, 3.8) is 0 Å². The normalized spacial score (nSPS) is 10.8. The number of hydrogen-bond acceptors (Lipinski definition) is 2. The van der Waals surface area contributed by atoms with Gasteiger partial charge in [0.15, 0.2) is 5.82 Å². The molecular weight excluding hydrogens is 304 g/mol. The number of benzene rings is 1. The molecule has 0 aliphatic rings. The number of rotatable bonds is 3. The second kappa shape index (κ2) is 5.05.